The van der Waals surface area contributed by atoms with Crippen LogP contribution >= 0.6 is 0 Å². The molecule has 2 rings (SSSR count). The molecule has 100 valence electrons. The van der Waals surface area contributed by atoms with Crippen LogP contribution in [0.15, 0.2) is 54.6 Å². The number of aliphatic hydroxyl groups excluding tert-OH is 1. The van der Waals surface area contributed by atoms with Crippen LogP contribution in [0.25, 0.3) is 0 Å². The lowest BCUT2D eigenvalue weighted by Gasteiger charge is -2.17. The Balaban J connectivity index is 2.06. The fourth-order valence-corrected chi connectivity index (χ4v) is 1.86. The van der Waals surface area contributed by atoms with Gasteiger partial charge in [0, 0.05) is 0 Å². The summed E-state index contributed by atoms with van der Waals surface area (Å²) in [4.78, 5) is 0. The second-order valence-electron chi connectivity index (χ2n) is 4.49. The number of rotatable bonds is 5. The zero-order valence-corrected chi connectivity index (χ0v) is 11.0. The molecule has 0 saturated heterocycles. The quantitative estimate of drug-likeness (QED) is 0.864. The Kier molecular flexibility index (Phi) is 4.55. The van der Waals surface area contributed by atoms with Crippen molar-refractivity contribution >= 4 is 0 Å². The van der Waals surface area contributed by atoms with Crippen LogP contribution in [-0.2, 0) is 0 Å². The van der Waals surface area contributed by atoms with Crippen LogP contribution in [0.1, 0.15) is 24.9 Å². The first-order valence-corrected chi connectivity index (χ1v) is 6.47. The average molecular weight is 257 g/mol. The molecule has 0 aliphatic carbocycles. The van der Waals surface area contributed by atoms with Crippen molar-refractivity contribution < 1.29 is 9.84 Å². The van der Waals surface area contributed by atoms with E-state index in [1.54, 1.807) is 0 Å². The molecular formula is C16H19NO2. The summed E-state index contributed by atoms with van der Waals surface area (Å²) >= 11 is 0. The molecule has 0 aromatic heterocycles. The van der Waals surface area contributed by atoms with E-state index >= 15 is 0 Å². The van der Waals surface area contributed by atoms with Crippen molar-refractivity contribution in [2.45, 2.75) is 25.5 Å². The summed E-state index contributed by atoms with van der Waals surface area (Å²) in [5, 5.41) is 9.73. The van der Waals surface area contributed by atoms with Gasteiger partial charge in [0.05, 0.1) is 12.1 Å². The van der Waals surface area contributed by atoms with Crippen LogP contribution in [0, 0.1) is 0 Å². The fraction of sp³-hybridized carbons (Fsp3) is 0.250. The highest BCUT2D eigenvalue weighted by atomic mass is 16.5. The summed E-state index contributed by atoms with van der Waals surface area (Å²) in [6, 6.07) is 16.8. The summed E-state index contributed by atoms with van der Waals surface area (Å²) in [5.41, 5.74) is 6.87. The fourth-order valence-electron chi connectivity index (χ4n) is 1.86. The van der Waals surface area contributed by atoms with Gasteiger partial charge in [-0.25, -0.2) is 0 Å². The third-order valence-corrected chi connectivity index (χ3v) is 3.08. The molecule has 3 N–H and O–H groups in total. The molecule has 2 aromatic carbocycles. The zero-order valence-electron chi connectivity index (χ0n) is 11.0. The summed E-state index contributed by atoms with van der Waals surface area (Å²) in [6.07, 6.45) is 0.129. The van der Waals surface area contributed by atoms with E-state index in [1.807, 2.05) is 61.5 Å². The second kappa shape index (κ2) is 6.36. The van der Waals surface area contributed by atoms with E-state index < -0.39 is 6.10 Å². The van der Waals surface area contributed by atoms with Gasteiger partial charge in [-0.3, -0.25) is 0 Å². The third kappa shape index (κ3) is 3.56. The number of para-hydroxylation sites is 1. The van der Waals surface area contributed by atoms with Gasteiger partial charge >= 0.3 is 0 Å². The normalized spacial score (nSPS) is 13.8. The molecule has 0 fully saturated rings. The molecule has 0 heterocycles. The maximum Gasteiger partial charge on any atom is 0.127 e. The molecule has 0 unspecified atom stereocenters. The second-order valence-corrected chi connectivity index (χ2v) is 4.49. The minimum absolute atomic E-state index is 0.351. The molecule has 2 aromatic rings. The Hall–Kier alpha value is -1.84. The van der Waals surface area contributed by atoms with Gasteiger partial charge in [-0.1, -0.05) is 37.3 Å². The van der Waals surface area contributed by atoms with E-state index in [-0.39, 0.29) is 6.04 Å². The average Bonchev–Trinajstić information content (AvgIpc) is 2.47. The Morgan fingerprint density at radius 2 is 1.58 bits per heavy atom. The Bertz CT molecular complexity index is 496. The van der Waals surface area contributed by atoms with Gasteiger partial charge in [0.1, 0.15) is 11.5 Å². The van der Waals surface area contributed by atoms with Crippen LogP contribution in [0.3, 0.4) is 0 Å². The van der Waals surface area contributed by atoms with Gasteiger partial charge in [0.2, 0.25) is 0 Å². The van der Waals surface area contributed by atoms with Crippen molar-refractivity contribution in [3.63, 3.8) is 0 Å². The van der Waals surface area contributed by atoms with E-state index in [9.17, 15) is 5.11 Å². The van der Waals surface area contributed by atoms with Gasteiger partial charge in [-0.05, 0) is 36.2 Å². The van der Waals surface area contributed by atoms with Crippen molar-refractivity contribution in [3.05, 3.63) is 60.2 Å². The molecule has 19 heavy (non-hydrogen) atoms. The molecule has 0 amide bonds. The van der Waals surface area contributed by atoms with E-state index in [2.05, 4.69) is 0 Å². The highest BCUT2D eigenvalue weighted by Gasteiger charge is 2.14. The Labute approximate surface area is 113 Å². The predicted octanol–water partition coefficient (Wildman–Crippen LogP) is 3.25. The first-order valence-electron chi connectivity index (χ1n) is 6.47. The summed E-state index contributed by atoms with van der Waals surface area (Å²) in [5.74, 6) is 1.56. The van der Waals surface area contributed by atoms with Crippen molar-refractivity contribution in [2.24, 2.45) is 5.73 Å². The van der Waals surface area contributed by atoms with Gasteiger partial charge in [-0.2, -0.15) is 0 Å². The number of ether oxygens (including phenoxy) is 1. The minimum Gasteiger partial charge on any atom is -0.457 e. The van der Waals surface area contributed by atoms with Crippen molar-refractivity contribution in [3.8, 4) is 11.5 Å². The zero-order chi connectivity index (χ0) is 13.7. The number of hydrogen-bond donors (Lipinski definition) is 2. The molecule has 3 heteroatoms. The number of nitrogens with two attached hydrogens (primary N) is 1. The summed E-state index contributed by atoms with van der Waals surface area (Å²) < 4.78 is 5.70. The van der Waals surface area contributed by atoms with Crippen LogP contribution in [0.2, 0.25) is 0 Å². The van der Waals surface area contributed by atoms with Crippen molar-refractivity contribution in [1.29, 1.82) is 0 Å². The smallest absolute Gasteiger partial charge is 0.127 e. The first kappa shape index (κ1) is 13.6. The lowest BCUT2D eigenvalue weighted by Crippen LogP contribution is -2.25. The molecule has 0 radical (unpaired) electrons. The molecule has 0 aliphatic rings. The lowest BCUT2D eigenvalue weighted by molar-refractivity contribution is 0.140. The highest BCUT2D eigenvalue weighted by Crippen LogP contribution is 2.24. The van der Waals surface area contributed by atoms with Crippen molar-refractivity contribution in [2.75, 3.05) is 0 Å². The van der Waals surface area contributed by atoms with E-state index in [4.69, 9.17) is 10.5 Å². The SMILES string of the molecule is CC[C@@H](O)[C@@H](N)c1ccc(Oc2ccccc2)cc1. The Morgan fingerprint density at radius 3 is 2.16 bits per heavy atom. The topological polar surface area (TPSA) is 55.5 Å². The number of benzene rings is 2. The minimum atomic E-state index is -0.513. The van der Waals surface area contributed by atoms with Crippen LogP contribution in [0.5, 0.6) is 11.5 Å². The van der Waals surface area contributed by atoms with Gasteiger partial charge in [0.25, 0.3) is 0 Å². The maximum atomic E-state index is 9.73. The molecule has 0 bridgehead atoms. The summed E-state index contributed by atoms with van der Waals surface area (Å²) in [6.45, 7) is 1.91. The number of aliphatic hydroxyl groups is 1. The molecular weight excluding hydrogens is 238 g/mol. The van der Waals surface area contributed by atoms with Gasteiger partial charge in [0.15, 0.2) is 0 Å². The Morgan fingerprint density at radius 1 is 1.00 bits per heavy atom. The molecule has 0 saturated carbocycles. The van der Waals surface area contributed by atoms with Crippen LogP contribution in [0.4, 0.5) is 0 Å². The molecule has 0 aliphatic heterocycles. The third-order valence-electron chi connectivity index (χ3n) is 3.08. The van der Waals surface area contributed by atoms with E-state index in [0.717, 1.165) is 17.1 Å². The molecule has 2 atom stereocenters. The van der Waals surface area contributed by atoms with Crippen LogP contribution < -0.4 is 10.5 Å². The molecule has 0 spiro atoms. The van der Waals surface area contributed by atoms with Crippen molar-refractivity contribution in [1.82, 2.24) is 0 Å². The predicted molar refractivity (Wildman–Crippen MR) is 76.2 cm³/mol. The van der Waals surface area contributed by atoms with Crippen LogP contribution in [-0.4, -0.2) is 11.2 Å². The summed E-state index contributed by atoms with van der Waals surface area (Å²) in [7, 11) is 0. The lowest BCUT2D eigenvalue weighted by atomic mass is 10.0. The van der Waals surface area contributed by atoms with E-state index in [1.165, 1.54) is 0 Å². The van der Waals surface area contributed by atoms with Gasteiger partial charge < -0.3 is 15.6 Å². The highest BCUT2D eigenvalue weighted by molar-refractivity contribution is 5.34. The molecule has 3 nitrogen and oxygen atoms in total. The van der Waals surface area contributed by atoms with Gasteiger partial charge in [-0.15, -0.1) is 0 Å². The monoisotopic (exact) mass is 257 g/mol. The largest absolute Gasteiger partial charge is 0.457 e. The standard InChI is InChI=1S/C16H19NO2/c1-2-15(18)16(17)12-8-10-14(11-9-12)19-13-6-4-3-5-7-13/h3-11,15-16,18H,2,17H2,1H3/t15-,16+/m1/s1. The maximum absolute atomic E-state index is 9.73. The number of hydrogen-bond acceptors (Lipinski definition) is 3. The van der Waals surface area contributed by atoms with E-state index in [0.29, 0.717) is 6.42 Å². The first-order chi connectivity index (χ1) is 9.20.